The molecular weight excluding hydrogens is 437 g/mol. The van der Waals surface area contributed by atoms with Crippen LogP contribution in [0.3, 0.4) is 0 Å². The van der Waals surface area contributed by atoms with Crippen molar-refractivity contribution in [3.05, 3.63) is 41.2 Å². The van der Waals surface area contributed by atoms with Crippen molar-refractivity contribution in [2.24, 2.45) is 5.92 Å². The maximum absolute atomic E-state index is 13.3. The molecule has 1 N–H and O–H groups in total. The number of likely N-dealkylation sites (tertiary alicyclic amines) is 2. The molecule has 180 valence electrons. The number of hydrogen-bond acceptors (Lipinski definition) is 5. The Hall–Kier alpha value is -2.59. The van der Waals surface area contributed by atoms with Gasteiger partial charge in [-0.25, -0.2) is 4.68 Å². The van der Waals surface area contributed by atoms with E-state index in [0.29, 0.717) is 48.3 Å². The summed E-state index contributed by atoms with van der Waals surface area (Å²) in [7, 11) is 0. The van der Waals surface area contributed by atoms with E-state index in [-0.39, 0.29) is 23.7 Å². The topological polar surface area (TPSA) is 70.8 Å². The highest BCUT2D eigenvalue weighted by atomic mass is 19.4. The first kappa shape index (κ1) is 23.6. The number of carbonyl (C=O) groups is 1. The number of halogens is 3. The molecule has 1 aromatic carbocycles. The Labute approximate surface area is 190 Å². The molecule has 2 aliphatic rings. The number of nitrogens with zero attached hydrogens (tertiary/aromatic N) is 4. The minimum absolute atomic E-state index is 0.118. The smallest absolute Gasteiger partial charge is 0.406 e. The van der Waals surface area contributed by atoms with Crippen molar-refractivity contribution in [3.8, 4) is 11.4 Å². The number of piperidine rings is 1. The Bertz CT molecular complexity index is 1000. The van der Waals surface area contributed by atoms with Crippen LogP contribution in [0.1, 0.15) is 41.5 Å². The summed E-state index contributed by atoms with van der Waals surface area (Å²) >= 11 is 0. The molecule has 1 amide bonds. The number of β-amino-alcohol motifs (C(OH)–C–C–N with tert-alkyl or cyclic N) is 1. The molecule has 0 bridgehead atoms. The van der Waals surface area contributed by atoms with Gasteiger partial charge in [0, 0.05) is 38.3 Å². The van der Waals surface area contributed by atoms with Gasteiger partial charge in [0.15, 0.2) is 0 Å². The second kappa shape index (κ2) is 8.98. The zero-order chi connectivity index (χ0) is 23.9. The lowest BCUT2D eigenvalue weighted by molar-refractivity contribution is -0.274. The lowest BCUT2D eigenvalue weighted by Gasteiger charge is -2.36. The third-order valence-electron chi connectivity index (χ3n) is 6.67. The monoisotopic (exact) mass is 466 g/mol. The van der Waals surface area contributed by atoms with Gasteiger partial charge in [0.25, 0.3) is 5.91 Å². The van der Waals surface area contributed by atoms with E-state index in [1.54, 1.807) is 19.9 Å². The van der Waals surface area contributed by atoms with Crippen molar-refractivity contribution in [2.75, 3.05) is 26.2 Å². The van der Waals surface area contributed by atoms with Gasteiger partial charge in [0.2, 0.25) is 0 Å². The minimum Gasteiger partial charge on any atom is -0.406 e. The molecule has 2 fully saturated rings. The molecular formula is C23H29F3N4O3. The fraction of sp³-hybridized carbons (Fsp3) is 0.565. The molecule has 2 aromatic rings. The second-order valence-corrected chi connectivity index (χ2v) is 9.02. The van der Waals surface area contributed by atoms with E-state index in [0.717, 1.165) is 19.4 Å². The quantitative estimate of drug-likeness (QED) is 0.749. The van der Waals surface area contributed by atoms with Gasteiger partial charge in [-0.1, -0.05) is 13.0 Å². The fourth-order valence-corrected chi connectivity index (χ4v) is 4.89. The molecule has 0 aliphatic carbocycles. The summed E-state index contributed by atoms with van der Waals surface area (Å²) < 4.78 is 43.3. The zero-order valence-corrected chi connectivity index (χ0v) is 19.0. The van der Waals surface area contributed by atoms with Crippen molar-refractivity contribution >= 4 is 5.91 Å². The van der Waals surface area contributed by atoms with Crippen molar-refractivity contribution in [1.29, 1.82) is 0 Å². The number of benzene rings is 1. The van der Waals surface area contributed by atoms with Crippen LogP contribution in [0.2, 0.25) is 0 Å². The molecule has 7 nitrogen and oxygen atoms in total. The van der Waals surface area contributed by atoms with Gasteiger partial charge < -0.3 is 14.7 Å². The largest absolute Gasteiger partial charge is 0.573 e. The van der Waals surface area contributed by atoms with Gasteiger partial charge in [0.05, 0.1) is 28.7 Å². The summed E-state index contributed by atoms with van der Waals surface area (Å²) in [5.41, 5.74) is 1.95. The zero-order valence-electron chi connectivity index (χ0n) is 19.0. The molecule has 2 saturated heterocycles. The van der Waals surface area contributed by atoms with Crippen LogP contribution in [-0.4, -0.2) is 75.3 Å². The summed E-state index contributed by atoms with van der Waals surface area (Å²) in [6.07, 6.45) is -3.39. The number of aliphatic hydroxyl groups is 1. The highest BCUT2D eigenvalue weighted by molar-refractivity contribution is 5.96. The normalized spacial score (nSPS) is 22.7. The Morgan fingerprint density at radius 3 is 2.48 bits per heavy atom. The predicted octanol–water partition coefficient (Wildman–Crippen LogP) is 3.30. The van der Waals surface area contributed by atoms with Crippen molar-refractivity contribution in [1.82, 2.24) is 19.6 Å². The first-order chi connectivity index (χ1) is 15.5. The average Bonchev–Trinajstić information content (AvgIpc) is 3.24. The molecule has 2 unspecified atom stereocenters. The van der Waals surface area contributed by atoms with E-state index in [1.807, 2.05) is 4.90 Å². The number of ether oxygens (including phenoxy) is 1. The summed E-state index contributed by atoms with van der Waals surface area (Å²) in [5.74, 6) is -0.197. The number of aromatic nitrogens is 2. The maximum atomic E-state index is 13.3. The van der Waals surface area contributed by atoms with E-state index in [4.69, 9.17) is 0 Å². The van der Waals surface area contributed by atoms with Gasteiger partial charge in [0.1, 0.15) is 5.75 Å². The summed E-state index contributed by atoms with van der Waals surface area (Å²) in [6.45, 7) is 8.31. The third-order valence-corrected chi connectivity index (χ3v) is 6.67. The second-order valence-electron chi connectivity index (χ2n) is 9.02. The highest BCUT2D eigenvalue weighted by Crippen LogP contribution is 2.28. The third kappa shape index (κ3) is 5.01. The van der Waals surface area contributed by atoms with E-state index < -0.39 is 6.36 Å². The van der Waals surface area contributed by atoms with Gasteiger partial charge >= 0.3 is 6.36 Å². The summed E-state index contributed by atoms with van der Waals surface area (Å²) in [4.78, 5) is 17.5. The number of hydrogen-bond donors (Lipinski definition) is 1. The first-order valence-electron chi connectivity index (χ1n) is 11.2. The Morgan fingerprint density at radius 1 is 1.18 bits per heavy atom. The highest BCUT2D eigenvalue weighted by Gasteiger charge is 2.36. The number of alkyl halides is 3. The molecule has 2 atom stereocenters. The van der Waals surface area contributed by atoms with Gasteiger partial charge in [-0.3, -0.25) is 9.69 Å². The van der Waals surface area contributed by atoms with E-state index in [1.165, 1.54) is 22.9 Å². The van der Waals surface area contributed by atoms with Crippen LogP contribution in [0.5, 0.6) is 5.75 Å². The van der Waals surface area contributed by atoms with Crippen LogP contribution < -0.4 is 4.74 Å². The Balaban J connectivity index is 1.47. The molecule has 0 radical (unpaired) electrons. The molecule has 4 rings (SSSR count). The molecule has 10 heteroatoms. The average molecular weight is 467 g/mol. The number of rotatable bonds is 4. The molecule has 0 saturated carbocycles. The minimum atomic E-state index is -4.79. The van der Waals surface area contributed by atoms with Crippen LogP contribution in [0.25, 0.3) is 5.69 Å². The molecule has 2 aliphatic heterocycles. The van der Waals surface area contributed by atoms with Crippen LogP contribution in [0.15, 0.2) is 24.3 Å². The van der Waals surface area contributed by atoms with Gasteiger partial charge in [-0.2, -0.15) is 5.10 Å². The van der Waals surface area contributed by atoms with E-state index in [9.17, 15) is 23.1 Å². The lowest BCUT2D eigenvalue weighted by atomic mass is 10.0. The van der Waals surface area contributed by atoms with Crippen molar-refractivity contribution in [3.63, 3.8) is 0 Å². The van der Waals surface area contributed by atoms with Crippen LogP contribution >= 0.6 is 0 Å². The molecule has 0 spiro atoms. The van der Waals surface area contributed by atoms with Gasteiger partial charge in [-0.05, 0) is 44.7 Å². The fourth-order valence-electron chi connectivity index (χ4n) is 4.89. The lowest BCUT2D eigenvalue weighted by Crippen LogP contribution is -2.46. The number of carbonyl (C=O) groups excluding carboxylic acids is 1. The maximum Gasteiger partial charge on any atom is 0.573 e. The Morgan fingerprint density at radius 2 is 1.88 bits per heavy atom. The summed E-state index contributed by atoms with van der Waals surface area (Å²) in [5, 5.41) is 14.5. The number of aliphatic hydroxyl groups excluding tert-OH is 1. The summed E-state index contributed by atoms with van der Waals surface area (Å²) in [6, 6.07) is 5.90. The van der Waals surface area contributed by atoms with Gasteiger partial charge in [-0.15, -0.1) is 13.2 Å². The van der Waals surface area contributed by atoms with Crippen molar-refractivity contribution < 1.29 is 27.8 Å². The SMILES string of the molecule is Cc1nn(-c2cccc(OC(F)(F)F)c2)c(C)c1C(=O)N1CCC(N2CC(C)C(O)C2)CC1. The molecule has 33 heavy (non-hydrogen) atoms. The van der Waals surface area contributed by atoms with E-state index in [2.05, 4.69) is 21.7 Å². The standard InChI is InChI=1S/C23H29F3N4O3/c1-14-12-29(13-20(14)31)17-7-9-28(10-8-17)22(32)21-15(2)27-30(16(21)3)18-5-4-6-19(11-18)33-23(24,25)26/h4-6,11,14,17,20,31H,7-10,12-13H2,1-3H3. The predicted molar refractivity (Wildman–Crippen MR) is 115 cm³/mol. The van der Waals surface area contributed by atoms with Crippen LogP contribution in [0, 0.1) is 19.8 Å². The molecule has 1 aromatic heterocycles. The number of amides is 1. The number of aryl methyl sites for hydroxylation is 1. The first-order valence-corrected chi connectivity index (χ1v) is 11.2. The van der Waals surface area contributed by atoms with Crippen molar-refractivity contribution in [2.45, 2.75) is 52.1 Å². The van der Waals surface area contributed by atoms with Crippen LogP contribution in [0.4, 0.5) is 13.2 Å². The Kier molecular flexibility index (Phi) is 6.41. The molecule has 3 heterocycles. The van der Waals surface area contributed by atoms with Crippen LogP contribution in [-0.2, 0) is 0 Å². The van der Waals surface area contributed by atoms with E-state index >= 15 is 0 Å².